The zero-order valence-electron chi connectivity index (χ0n) is 15.7. The number of carbonyl (C=O) groups is 1. The number of hydrogen-bond acceptors (Lipinski definition) is 2. The molecule has 1 unspecified atom stereocenters. The average Bonchev–Trinajstić information content (AvgIpc) is 2.50. The third-order valence-corrected chi connectivity index (χ3v) is 4.52. The maximum Gasteiger partial charge on any atom is 0.506 e. The molecule has 0 radical (unpaired) electrons. The Morgan fingerprint density at radius 1 is 0.739 bits per heavy atom. The van der Waals surface area contributed by atoms with Crippen molar-refractivity contribution in [2.24, 2.45) is 0 Å². The minimum Gasteiger partial charge on any atom is -0.450 e. The molecule has 0 fully saturated rings. The first-order valence-electron chi connectivity index (χ1n) is 10.1. The Bertz CT molecular complexity index is 253. The van der Waals surface area contributed by atoms with E-state index in [2.05, 4.69) is 11.7 Å². The van der Waals surface area contributed by atoms with Gasteiger partial charge in [0, 0.05) is 0 Å². The van der Waals surface area contributed by atoms with Gasteiger partial charge in [0.2, 0.25) is 0 Å². The van der Waals surface area contributed by atoms with Crippen LogP contribution in [-0.2, 0) is 4.74 Å². The van der Waals surface area contributed by atoms with E-state index in [9.17, 15) is 4.79 Å². The lowest BCUT2D eigenvalue weighted by atomic mass is 10.0. The van der Waals surface area contributed by atoms with Crippen molar-refractivity contribution in [2.45, 2.75) is 123 Å². The summed E-state index contributed by atoms with van der Waals surface area (Å²) in [6.45, 7) is 4.10. The van der Waals surface area contributed by atoms with Crippen LogP contribution in [0, 0.1) is 0 Å². The molecule has 0 saturated carbocycles. The molecule has 0 heterocycles. The van der Waals surface area contributed by atoms with E-state index in [0.29, 0.717) is 0 Å². The topological polar surface area (TPSA) is 46.5 Å². The largest absolute Gasteiger partial charge is 0.506 e. The van der Waals surface area contributed by atoms with Crippen LogP contribution in [0.4, 0.5) is 4.79 Å². The first-order chi connectivity index (χ1) is 11.2. The van der Waals surface area contributed by atoms with Crippen LogP contribution in [0.2, 0.25) is 0 Å². The normalized spacial score (nSPS) is 12.3. The van der Waals surface area contributed by atoms with Gasteiger partial charge in [0.25, 0.3) is 0 Å². The molecule has 138 valence electrons. The van der Waals surface area contributed by atoms with Crippen molar-refractivity contribution in [2.75, 3.05) is 0 Å². The van der Waals surface area contributed by atoms with Gasteiger partial charge < -0.3 is 9.84 Å². The Kier molecular flexibility index (Phi) is 17.1. The van der Waals surface area contributed by atoms with Gasteiger partial charge in [0.1, 0.15) is 6.10 Å². The summed E-state index contributed by atoms with van der Waals surface area (Å²) in [5.74, 6) is 0. The zero-order chi connectivity index (χ0) is 17.2. The maximum atomic E-state index is 10.3. The van der Waals surface area contributed by atoms with E-state index in [-0.39, 0.29) is 6.10 Å². The minimum atomic E-state index is -1.15. The summed E-state index contributed by atoms with van der Waals surface area (Å²) in [5.41, 5.74) is 0. The maximum absolute atomic E-state index is 10.3. The summed E-state index contributed by atoms with van der Waals surface area (Å²) < 4.78 is 4.69. The van der Waals surface area contributed by atoms with Crippen LogP contribution in [-0.4, -0.2) is 17.4 Å². The van der Waals surface area contributed by atoms with Gasteiger partial charge in [-0.05, 0) is 19.8 Å². The Morgan fingerprint density at radius 3 is 1.43 bits per heavy atom. The SMILES string of the molecule is CCCCCCCCCCCCCCCCCC(C)OC(=O)O. The fourth-order valence-corrected chi connectivity index (χ4v) is 3.03. The van der Waals surface area contributed by atoms with Gasteiger partial charge in [-0.1, -0.05) is 96.8 Å². The summed E-state index contributed by atoms with van der Waals surface area (Å²) >= 11 is 0. The van der Waals surface area contributed by atoms with Gasteiger partial charge in [-0.15, -0.1) is 0 Å². The van der Waals surface area contributed by atoms with E-state index in [1.807, 2.05) is 6.92 Å². The van der Waals surface area contributed by atoms with Crippen LogP contribution in [0.25, 0.3) is 0 Å². The minimum absolute atomic E-state index is 0.158. The molecule has 3 nitrogen and oxygen atoms in total. The predicted molar refractivity (Wildman–Crippen MR) is 98.1 cm³/mol. The van der Waals surface area contributed by atoms with E-state index in [0.717, 1.165) is 12.8 Å². The van der Waals surface area contributed by atoms with Gasteiger partial charge >= 0.3 is 6.16 Å². The molecule has 0 bridgehead atoms. The average molecular weight is 329 g/mol. The predicted octanol–water partition coefficient (Wildman–Crippen LogP) is 7.33. The molecule has 0 aliphatic heterocycles. The molecule has 0 aliphatic rings. The van der Waals surface area contributed by atoms with E-state index in [4.69, 9.17) is 5.11 Å². The van der Waals surface area contributed by atoms with Gasteiger partial charge in [-0.3, -0.25) is 0 Å². The van der Waals surface area contributed by atoms with Crippen molar-refractivity contribution < 1.29 is 14.6 Å². The highest BCUT2D eigenvalue weighted by molar-refractivity contribution is 5.56. The van der Waals surface area contributed by atoms with Gasteiger partial charge in [-0.25, -0.2) is 4.79 Å². The Balaban J connectivity index is 3.06. The summed E-state index contributed by atoms with van der Waals surface area (Å²) in [4.78, 5) is 10.3. The zero-order valence-corrected chi connectivity index (χ0v) is 15.7. The first-order valence-corrected chi connectivity index (χ1v) is 10.1. The Morgan fingerprint density at radius 2 is 1.09 bits per heavy atom. The molecule has 0 rings (SSSR count). The van der Waals surface area contributed by atoms with Crippen LogP contribution in [0.3, 0.4) is 0 Å². The molecule has 23 heavy (non-hydrogen) atoms. The fraction of sp³-hybridized carbons (Fsp3) is 0.950. The molecule has 0 spiro atoms. The molecule has 0 aliphatic carbocycles. The summed E-state index contributed by atoms with van der Waals surface area (Å²) in [6, 6.07) is 0. The Hall–Kier alpha value is -0.730. The second-order valence-electron chi connectivity index (χ2n) is 6.93. The van der Waals surface area contributed by atoms with Crippen molar-refractivity contribution in [1.29, 1.82) is 0 Å². The number of rotatable bonds is 17. The molecule has 1 N–H and O–H groups in total. The first kappa shape index (κ1) is 22.3. The molecular formula is C20H40O3. The van der Waals surface area contributed by atoms with Gasteiger partial charge in [-0.2, -0.15) is 0 Å². The van der Waals surface area contributed by atoms with Crippen molar-refractivity contribution in [3.8, 4) is 0 Å². The highest BCUT2D eigenvalue weighted by Crippen LogP contribution is 2.14. The van der Waals surface area contributed by atoms with Crippen LogP contribution < -0.4 is 0 Å². The van der Waals surface area contributed by atoms with E-state index < -0.39 is 6.16 Å². The number of unbranched alkanes of at least 4 members (excludes halogenated alkanes) is 14. The van der Waals surface area contributed by atoms with Crippen molar-refractivity contribution in [1.82, 2.24) is 0 Å². The second-order valence-corrected chi connectivity index (χ2v) is 6.93. The van der Waals surface area contributed by atoms with Crippen molar-refractivity contribution in [3.05, 3.63) is 0 Å². The van der Waals surface area contributed by atoms with Crippen LogP contribution in [0.5, 0.6) is 0 Å². The van der Waals surface area contributed by atoms with E-state index in [1.165, 1.54) is 89.9 Å². The monoisotopic (exact) mass is 328 g/mol. The third-order valence-electron chi connectivity index (χ3n) is 4.52. The van der Waals surface area contributed by atoms with E-state index in [1.54, 1.807) is 0 Å². The van der Waals surface area contributed by atoms with Crippen LogP contribution in [0.1, 0.15) is 117 Å². The molecule has 0 amide bonds. The van der Waals surface area contributed by atoms with Crippen molar-refractivity contribution >= 4 is 6.16 Å². The lowest BCUT2D eigenvalue weighted by molar-refractivity contribution is 0.0548. The number of ether oxygens (including phenoxy) is 1. The summed E-state index contributed by atoms with van der Waals surface area (Å²) in [7, 11) is 0. The van der Waals surface area contributed by atoms with E-state index >= 15 is 0 Å². The second kappa shape index (κ2) is 17.6. The molecule has 3 heteroatoms. The fourth-order valence-electron chi connectivity index (χ4n) is 3.03. The smallest absolute Gasteiger partial charge is 0.450 e. The molecule has 1 atom stereocenters. The third kappa shape index (κ3) is 19.2. The lowest BCUT2D eigenvalue weighted by Gasteiger charge is -2.09. The number of carboxylic acid groups (broad SMARTS) is 1. The number of hydrogen-bond donors (Lipinski definition) is 1. The highest BCUT2D eigenvalue weighted by Gasteiger charge is 2.06. The summed E-state index contributed by atoms with van der Waals surface area (Å²) in [5, 5.41) is 8.49. The van der Waals surface area contributed by atoms with Crippen LogP contribution in [0.15, 0.2) is 0 Å². The molecule has 0 saturated heterocycles. The van der Waals surface area contributed by atoms with Gasteiger partial charge in [0.05, 0.1) is 0 Å². The summed E-state index contributed by atoms with van der Waals surface area (Å²) in [6.07, 6.45) is 19.9. The molecular weight excluding hydrogens is 288 g/mol. The highest BCUT2D eigenvalue weighted by atomic mass is 16.7. The standard InChI is InChI=1S/C20H40O3/c1-3-4-5-6-7-8-9-10-11-12-13-14-15-16-17-18-19(2)23-20(21)22/h19H,3-18H2,1-2H3,(H,21,22). The van der Waals surface area contributed by atoms with Crippen molar-refractivity contribution in [3.63, 3.8) is 0 Å². The molecule has 0 aromatic rings. The Labute approximate surface area is 144 Å². The van der Waals surface area contributed by atoms with Gasteiger partial charge in [0.15, 0.2) is 0 Å². The quantitative estimate of drug-likeness (QED) is 0.224. The van der Waals surface area contributed by atoms with Crippen LogP contribution >= 0.6 is 0 Å². The molecule has 0 aromatic carbocycles. The molecule has 0 aromatic heterocycles. The lowest BCUT2D eigenvalue weighted by Crippen LogP contribution is -2.12.